The van der Waals surface area contributed by atoms with E-state index in [1.807, 2.05) is 27.7 Å². The highest BCUT2D eigenvalue weighted by Gasteiger charge is 2.24. The summed E-state index contributed by atoms with van der Waals surface area (Å²) in [6.45, 7) is 9.54. The molecule has 0 saturated heterocycles. The van der Waals surface area contributed by atoms with Crippen LogP contribution in [0, 0.1) is 5.92 Å². The van der Waals surface area contributed by atoms with E-state index in [0.717, 1.165) is 5.39 Å². The fourth-order valence-corrected chi connectivity index (χ4v) is 2.23. The van der Waals surface area contributed by atoms with Crippen LogP contribution in [-0.2, 0) is 4.79 Å². The van der Waals surface area contributed by atoms with Crippen LogP contribution in [0.5, 0.6) is 0 Å². The first-order valence-electron chi connectivity index (χ1n) is 8.40. The van der Waals surface area contributed by atoms with Gasteiger partial charge in [0.15, 0.2) is 0 Å². The molecule has 1 unspecified atom stereocenters. The molecule has 0 bridgehead atoms. The predicted molar refractivity (Wildman–Crippen MR) is 98.2 cm³/mol. The molecule has 0 aromatic carbocycles. The van der Waals surface area contributed by atoms with Crippen molar-refractivity contribution in [1.82, 2.24) is 20.1 Å². The smallest absolute Gasteiger partial charge is 0.256 e. The Balaban J connectivity index is 2.14. The molecule has 0 spiro atoms. The highest BCUT2D eigenvalue weighted by molar-refractivity contribution is 5.92. The maximum atomic E-state index is 12.2. The third-order valence-electron chi connectivity index (χ3n) is 4.40. The molecule has 1 amide bonds. The molecular weight excluding hydrogens is 320 g/mol. The van der Waals surface area contributed by atoms with Crippen LogP contribution in [0.4, 0.5) is 0 Å². The van der Waals surface area contributed by atoms with Crippen molar-refractivity contribution < 1.29 is 9.90 Å². The summed E-state index contributed by atoms with van der Waals surface area (Å²) in [6, 6.07) is 1.84. The molecule has 136 valence electrons. The van der Waals surface area contributed by atoms with Crippen LogP contribution in [0.25, 0.3) is 17.1 Å². The van der Waals surface area contributed by atoms with Gasteiger partial charge in [-0.3, -0.25) is 9.59 Å². The monoisotopic (exact) mass is 346 g/mol. The van der Waals surface area contributed by atoms with Crippen LogP contribution in [0.2, 0.25) is 0 Å². The number of nitrogens with zero attached hydrogens (tertiary/aromatic N) is 2. The minimum Gasteiger partial charge on any atom is -0.388 e. The number of fused-ring (bicyclic) bond motifs is 1. The Hall–Kier alpha value is -2.41. The quantitative estimate of drug-likeness (QED) is 0.695. The van der Waals surface area contributed by atoms with Crippen molar-refractivity contribution in [2.45, 2.75) is 46.3 Å². The van der Waals surface area contributed by atoms with E-state index in [4.69, 9.17) is 0 Å². The average Bonchev–Trinajstić information content (AvgIpc) is 2.93. The van der Waals surface area contributed by atoms with E-state index in [9.17, 15) is 14.7 Å². The van der Waals surface area contributed by atoms with Crippen molar-refractivity contribution in [3.05, 3.63) is 34.3 Å². The molecular formula is C18H26N4O3. The van der Waals surface area contributed by atoms with Crippen molar-refractivity contribution in [2.24, 2.45) is 5.92 Å². The number of aromatic nitrogens is 3. The lowest BCUT2D eigenvalue weighted by Gasteiger charge is -2.27. The van der Waals surface area contributed by atoms with E-state index < -0.39 is 5.60 Å². The summed E-state index contributed by atoms with van der Waals surface area (Å²) in [5, 5.41) is 17.8. The second kappa shape index (κ2) is 7.23. The number of H-pyrrole nitrogens is 1. The van der Waals surface area contributed by atoms with Gasteiger partial charge in [0.25, 0.3) is 5.56 Å². The van der Waals surface area contributed by atoms with Gasteiger partial charge in [0.1, 0.15) is 5.65 Å². The number of carbonyl (C=O) groups excluding carboxylic acids is 1. The second-order valence-corrected chi connectivity index (χ2v) is 7.10. The van der Waals surface area contributed by atoms with E-state index in [1.54, 1.807) is 23.9 Å². The average molecular weight is 346 g/mol. The van der Waals surface area contributed by atoms with Gasteiger partial charge < -0.3 is 15.4 Å². The maximum absolute atomic E-state index is 12.2. The van der Waals surface area contributed by atoms with Gasteiger partial charge >= 0.3 is 0 Å². The third kappa shape index (κ3) is 4.36. The summed E-state index contributed by atoms with van der Waals surface area (Å²) < 4.78 is 1.74. The fourth-order valence-electron chi connectivity index (χ4n) is 2.23. The summed E-state index contributed by atoms with van der Waals surface area (Å²) in [4.78, 5) is 26.9. The number of hydrogen-bond acceptors (Lipinski definition) is 4. The third-order valence-corrected chi connectivity index (χ3v) is 4.40. The number of aromatic amines is 1. The number of pyridine rings is 1. The first kappa shape index (κ1) is 18.9. The van der Waals surface area contributed by atoms with E-state index in [2.05, 4.69) is 15.4 Å². The minimum absolute atomic E-state index is 0.0134. The molecule has 1 atom stereocenters. The van der Waals surface area contributed by atoms with Crippen molar-refractivity contribution in [1.29, 1.82) is 0 Å². The van der Waals surface area contributed by atoms with Gasteiger partial charge in [-0.1, -0.05) is 13.8 Å². The van der Waals surface area contributed by atoms with Gasteiger partial charge in [-0.15, -0.1) is 0 Å². The number of rotatable bonds is 6. The van der Waals surface area contributed by atoms with Gasteiger partial charge in [-0.2, -0.15) is 5.10 Å². The molecule has 7 heteroatoms. The molecule has 0 saturated carbocycles. The lowest BCUT2D eigenvalue weighted by Crippen LogP contribution is -2.43. The maximum Gasteiger partial charge on any atom is 0.256 e. The van der Waals surface area contributed by atoms with Crippen LogP contribution >= 0.6 is 0 Å². The van der Waals surface area contributed by atoms with Crippen molar-refractivity contribution >= 4 is 23.0 Å². The van der Waals surface area contributed by atoms with Crippen LogP contribution in [0.15, 0.2) is 23.1 Å². The lowest BCUT2D eigenvalue weighted by atomic mass is 9.92. The first-order valence-corrected chi connectivity index (χ1v) is 8.40. The number of amides is 1. The SMILES string of the molecule is CC(C)n1ncc2cc(C=CC(=O)NCC(C)(O)C(C)C)c(=O)[nH]c21. The highest BCUT2D eigenvalue weighted by Crippen LogP contribution is 2.16. The van der Waals surface area contributed by atoms with Crippen molar-refractivity contribution in [3.8, 4) is 0 Å². The normalized spacial score (nSPS) is 14.6. The van der Waals surface area contributed by atoms with Crippen LogP contribution in [-0.4, -0.2) is 37.9 Å². The van der Waals surface area contributed by atoms with E-state index in [-0.39, 0.29) is 30.0 Å². The lowest BCUT2D eigenvalue weighted by molar-refractivity contribution is -0.118. The summed E-state index contributed by atoms with van der Waals surface area (Å²) >= 11 is 0. The minimum atomic E-state index is -0.981. The predicted octanol–water partition coefficient (Wildman–Crippen LogP) is 1.84. The Kier molecular flexibility index (Phi) is 5.47. The number of hydrogen-bond donors (Lipinski definition) is 3. The van der Waals surface area contributed by atoms with Crippen LogP contribution in [0.1, 0.15) is 46.2 Å². The van der Waals surface area contributed by atoms with Gasteiger partial charge in [0.2, 0.25) is 5.91 Å². The molecule has 0 aliphatic rings. The molecule has 2 aromatic heterocycles. The highest BCUT2D eigenvalue weighted by atomic mass is 16.3. The molecule has 0 radical (unpaired) electrons. The molecule has 2 rings (SSSR count). The van der Waals surface area contributed by atoms with Crippen LogP contribution < -0.4 is 10.9 Å². The molecule has 3 N–H and O–H groups in total. The Bertz CT molecular complexity index is 844. The number of aliphatic hydroxyl groups is 1. The summed E-state index contributed by atoms with van der Waals surface area (Å²) in [6.07, 6.45) is 4.44. The molecule has 2 heterocycles. The largest absolute Gasteiger partial charge is 0.388 e. The van der Waals surface area contributed by atoms with E-state index in [1.165, 1.54) is 12.2 Å². The summed E-state index contributed by atoms with van der Waals surface area (Å²) in [5.74, 6) is -0.349. The molecule has 0 aliphatic carbocycles. The zero-order valence-electron chi connectivity index (χ0n) is 15.3. The zero-order chi connectivity index (χ0) is 18.8. The second-order valence-electron chi connectivity index (χ2n) is 7.10. The topological polar surface area (TPSA) is 100 Å². The van der Waals surface area contributed by atoms with Gasteiger partial charge in [0.05, 0.1) is 11.8 Å². The van der Waals surface area contributed by atoms with Gasteiger partial charge in [-0.25, -0.2) is 4.68 Å². The molecule has 2 aromatic rings. The van der Waals surface area contributed by atoms with Crippen molar-refractivity contribution in [2.75, 3.05) is 6.54 Å². The molecule has 7 nitrogen and oxygen atoms in total. The van der Waals surface area contributed by atoms with Crippen LogP contribution in [0.3, 0.4) is 0 Å². The zero-order valence-corrected chi connectivity index (χ0v) is 15.3. The number of nitrogens with one attached hydrogen (secondary N) is 2. The fraction of sp³-hybridized carbons (Fsp3) is 0.500. The first-order chi connectivity index (χ1) is 11.6. The number of carbonyl (C=O) groups is 1. The Morgan fingerprint density at radius 2 is 2.12 bits per heavy atom. The van der Waals surface area contributed by atoms with Gasteiger partial charge in [-0.05, 0) is 38.8 Å². The molecule has 25 heavy (non-hydrogen) atoms. The standard InChI is InChI=1S/C18H26N4O3/c1-11(2)18(5,25)10-19-15(23)7-6-13-8-14-9-20-22(12(3)4)16(14)21-17(13)24/h6-9,11-12,25H,10H2,1-5H3,(H,19,23)(H,21,24). The Morgan fingerprint density at radius 1 is 1.44 bits per heavy atom. The van der Waals surface area contributed by atoms with Crippen molar-refractivity contribution in [3.63, 3.8) is 0 Å². The Morgan fingerprint density at radius 3 is 2.72 bits per heavy atom. The Labute approximate surface area is 146 Å². The van der Waals surface area contributed by atoms with E-state index >= 15 is 0 Å². The van der Waals surface area contributed by atoms with E-state index in [0.29, 0.717) is 11.2 Å². The molecule has 0 fully saturated rings. The van der Waals surface area contributed by atoms with Gasteiger partial charge in [0, 0.05) is 29.6 Å². The summed E-state index contributed by atoms with van der Waals surface area (Å²) in [5.41, 5.74) is -0.227. The summed E-state index contributed by atoms with van der Waals surface area (Å²) in [7, 11) is 0. The molecule has 0 aliphatic heterocycles.